The van der Waals surface area contributed by atoms with Crippen LogP contribution in [0.25, 0.3) is 0 Å². The lowest BCUT2D eigenvalue weighted by Gasteiger charge is -2.31. The fourth-order valence-electron chi connectivity index (χ4n) is 5.77. The predicted octanol–water partition coefficient (Wildman–Crippen LogP) is 5.20. The Morgan fingerprint density at radius 3 is 2.65 bits per heavy atom. The summed E-state index contributed by atoms with van der Waals surface area (Å²) >= 11 is 0. The van der Waals surface area contributed by atoms with E-state index in [1.165, 1.54) is 44.1 Å². The molecule has 3 aliphatic carbocycles. The van der Waals surface area contributed by atoms with Gasteiger partial charge in [-0.05, 0) is 87.7 Å². The van der Waals surface area contributed by atoms with Gasteiger partial charge in [0.15, 0.2) is 6.29 Å². The zero-order chi connectivity index (χ0) is 15.8. The summed E-state index contributed by atoms with van der Waals surface area (Å²) < 4.78 is 11.8. The highest BCUT2D eigenvalue weighted by molar-refractivity contribution is 5.26. The summed E-state index contributed by atoms with van der Waals surface area (Å²) in [5, 5.41) is 0. The molecule has 1 aromatic rings. The minimum absolute atomic E-state index is 0.157. The van der Waals surface area contributed by atoms with Crippen LogP contribution < -0.4 is 4.74 Å². The Morgan fingerprint density at radius 2 is 1.83 bits per heavy atom. The Kier molecular flexibility index (Phi) is 4.36. The summed E-state index contributed by atoms with van der Waals surface area (Å²) in [6, 6.07) is 8.20. The van der Waals surface area contributed by atoms with Gasteiger partial charge in [0.2, 0.25) is 0 Å². The molecule has 0 aliphatic heterocycles. The number of rotatable bonds is 6. The molecule has 0 amide bonds. The zero-order valence-corrected chi connectivity index (χ0v) is 14.5. The lowest BCUT2D eigenvalue weighted by atomic mass is 9.75. The van der Waals surface area contributed by atoms with Crippen LogP contribution in [0, 0.1) is 36.5 Å². The van der Waals surface area contributed by atoms with Crippen molar-refractivity contribution in [1.82, 2.24) is 0 Å². The third kappa shape index (κ3) is 3.15. The first kappa shape index (κ1) is 15.5. The lowest BCUT2D eigenvalue weighted by molar-refractivity contribution is -0.0727. The molecular formula is C21H30O2. The van der Waals surface area contributed by atoms with E-state index in [1.54, 1.807) is 0 Å². The Bertz CT molecular complexity index is 523. The molecule has 2 nitrogen and oxygen atoms in total. The van der Waals surface area contributed by atoms with E-state index in [1.807, 2.05) is 19.1 Å². The minimum Gasteiger partial charge on any atom is -0.465 e. The molecule has 0 heterocycles. The van der Waals surface area contributed by atoms with Gasteiger partial charge in [-0.15, -0.1) is 0 Å². The second-order valence-electron chi connectivity index (χ2n) is 8.07. The molecule has 2 heteroatoms. The molecule has 0 saturated heterocycles. The fraction of sp³-hybridized carbons (Fsp3) is 0.714. The first-order valence-corrected chi connectivity index (χ1v) is 9.55. The van der Waals surface area contributed by atoms with Crippen LogP contribution in [0.5, 0.6) is 5.75 Å². The van der Waals surface area contributed by atoms with E-state index in [0.29, 0.717) is 0 Å². The highest BCUT2D eigenvalue weighted by Crippen LogP contribution is 2.61. The van der Waals surface area contributed by atoms with Crippen molar-refractivity contribution in [1.29, 1.82) is 0 Å². The molecule has 0 spiro atoms. The molecule has 126 valence electrons. The van der Waals surface area contributed by atoms with Crippen molar-refractivity contribution in [2.45, 2.75) is 58.7 Å². The molecule has 0 aromatic heterocycles. The van der Waals surface area contributed by atoms with Gasteiger partial charge in [-0.3, -0.25) is 0 Å². The van der Waals surface area contributed by atoms with Gasteiger partial charge in [-0.25, -0.2) is 0 Å². The van der Waals surface area contributed by atoms with E-state index in [2.05, 4.69) is 19.1 Å². The maximum Gasteiger partial charge on any atom is 0.196 e. The third-order valence-corrected chi connectivity index (χ3v) is 6.73. The summed E-state index contributed by atoms with van der Waals surface area (Å²) in [7, 11) is 0. The van der Waals surface area contributed by atoms with Gasteiger partial charge in [0.05, 0.1) is 6.61 Å². The second kappa shape index (κ2) is 6.47. The molecule has 3 aliphatic rings. The van der Waals surface area contributed by atoms with Crippen molar-refractivity contribution in [2.75, 3.05) is 6.61 Å². The van der Waals surface area contributed by atoms with Crippen LogP contribution in [0.15, 0.2) is 24.3 Å². The average Bonchev–Trinajstić information content (AvgIpc) is 3.21. The van der Waals surface area contributed by atoms with E-state index < -0.39 is 0 Å². The van der Waals surface area contributed by atoms with E-state index in [-0.39, 0.29) is 6.29 Å². The molecule has 1 aromatic carbocycles. The largest absolute Gasteiger partial charge is 0.465 e. The van der Waals surface area contributed by atoms with Crippen LogP contribution in [0.3, 0.4) is 0 Å². The van der Waals surface area contributed by atoms with E-state index >= 15 is 0 Å². The average molecular weight is 314 g/mol. The maximum absolute atomic E-state index is 5.93. The summed E-state index contributed by atoms with van der Waals surface area (Å²) in [6.45, 7) is 4.94. The highest BCUT2D eigenvalue weighted by Gasteiger charge is 2.53. The molecule has 6 unspecified atom stereocenters. The Balaban J connectivity index is 1.21. The molecular weight excluding hydrogens is 284 g/mol. The van der Waals surface area contributed by atoms with Gasteiger partial charge in [0.25, 0.3) is 0 Å². The summed E-state index contributed by atoms with van der Waals surface area (Å²) in [4.78, 5) is 0. The van der Waals surface area contributed by atoms with Crippen molar-refractivity contribution < 1.29 is 9.47 Å². The molecule has 0 N–H and O–H groups in total. The van der Waals surface area contributed by atoms with Gasteiger partial charge >= 0.3 is 0 Å². The van der Waals surface area contributed by atoms with Crippen molar-refractivity contribution in [3.05, 3.63) is 29.8 Å². The normalized spacial score (nSPS) is 36.2. The molecule has 23 heavy (non-hydrogen) atoms. The smallest absolute Gasteiger partial charge is 0.196 e. The summed E-state index contributed by atoms with van der Waals surface area (Å²) in [5.41, 5.74) is 1.26. The summed E-state index contributed by atoms with van der Waals surface area (Å²) in [5.74, 6) is 6.06. The van der Waals surface area contributed by atoms with Crippen LogP contribution in [-0.4, -0.2) is 12.9 Å². The molecule has 3 saturated carbocycles. The summed E-state index contributed by atoms with van der Waals surface area (Å²) in [6.07, 6.45) is 8.60. The zero-order valence-electron chi connectivity index (χ0n) is 14.5. The Morgan fingerprint density at radius 1 is 1.04 bits per heavy atom. The predicted molar refractivity (Wildman–Crippen MR) is 92.4 cm³/mol. The minimum atomic E-state index is -0.157. The van der Waals surface area contributed by atoms with E-state index in [0.717, 1.165) is 41.9 Å². The van der Waals surface area contributed by atoms with Crippen LogP contribution >= 0.6 is 0 Å². The van der Waals surface area contributed by atoms with Crippen LogP contribution in [0.2, 0.25) is 0 Å². The monoisotopic (exact) mass is 314 g/mol. The third-order valence-electron chi connectivity index (χ3n) is 6.73. The molecule has 2 bridgehead atoms. The van der Waals surface area contributed by atoms with E-state index in [4.69, 9.17) is 9.47 Å². The van der Waals surface area contributed by atoms with Crippen molar-refractivity contribution >= 4 is 0 Å². The van der Waals surface area contributed by atoms with Crippen molar-refractivity contribution in [3.63, 3.8) is 0 Å². The van der Waals surface area contributed by atoms with Gasteiger partial charge in [-0.2, -0.15) is 0 Å². The highest BCUT2D eigenvalue weighted by atomic mass is 16.7. The molecule has 4 rings (SSSR count). The lowest BCUT2D eigenvalue weighted by Crippen LogP contribution is -2.26. The Hall–Kier alpha value is -1.02. The van der Waals surface area contributed by atoms with Crippen LogP contribution in [-0.2, 0) is 4.74 Å². The standard InChI is InChI=1S/C21H30O2/c1-14-6-8-18(9-7-14)23-15(2)22-11-10-16-12-17-13-21(16)20-5-3-4-19(17)20/h6-9,15-17,19-21H,3-5,10-13H2,1-2H3. The van der Waals surface area contributed by atoms with Gasteiger partial charge < -0.3 is 9.47 Å². The number of fused-ring (bicyclic) bond motifs is 5. The number of hydrogen-bond donors (Lipinski definition) is 0. The fourth-order valence-corrected chi connectivity index (χ4v) is 5.77. The SMILES string of the molecule is Cc1ccc(OC(C)OCCC2CC3CC2C2CCCC32)cc1. The van der Waals surface area contributed by atoms with Gasteiger partial charge in [0.1, 0.15) is 5.75 Å². The van der Waals surface area contributed by atoms with E-state index in [9.17, 15) is 0 Å². The second-order valence-corrected chi connectivity index (χ2v) is 8.07. The van der Waals surface area contributed by atoms with Crippen LogP contribution in [0.4, 0.5) is 0 Å². The van der Waals surface area contributed by atoms with Crippen molar-refractivity contribution in [3.8, 4) is 5.75 Å². The number of benzene rings is 1. The van der Waals surface area contributed by atoms with Gasteiger partial charge in [0, 0.05) is 0 Å². The Labute approximate surface area is 140 Å². The van der Waals surface area contributed by atoms with Crippen molar-refractivity contribution in [2.24, 2.45) is 29.6 Å². The molecule has 0 radical (unpaired) electrons. The number of ether oxygens (including phenoxy) is 2. The number of aryl methyl sites for hydroxylation is 1. The molecule has 3 fully saturated rings. The first-order chi connectivity index (χ1) is 11.2. The first-order valence-electron chi connectivity index (χ1n) is 9.55. The quantitative estimate of drug-likeness (QED) is 0.672. The van der Waals surface area contributed by atoms with Gasteiger partial charge in [-0.1, -0.05) is 24.1 Å². The topological polar surface area (TPSA) is 18.5 Å². The van der Waals surface area contributed by atoms with Crippen LogP contribution in [0.1, 0.15) is 51.0 Å². The maximum atomic E-state index is 5.93. The number of hydrogen-bond acceptors (Lipinski definition) is 2. The molecule has 6 atom stereocenters.